The number of anilines is 2. The largest absolute Gasteiger partial charge is 0.506 e. The zero-order valence-electron chi connectivity index (χ0n) is 17.9. The van der Waals surface area contributed by atoms with E-state index in [1.807, 2.05) is 26.0 Å². The Labute approximate surface area is 189 Å². The van der Waals surface area contributed by atoms with Crippen LogP contribution in [0.15, 0.2) is 54.6 Å². The number of phenolic OH excluding ortho intramolecular Hbond substituents is 1. The van der Waals surface area contributed by atoms with Crippen molar-refractivity contribution >= 4 is 35.1 Å². The van der Waals surface area contributed by atoms with E-state index in [0.717, 1.165) is 16.0 Å². The second kappa shape index (κ2) is 8.23. The number of aliphatic carboxylic acids is 1. The zero-order valence-corrected chi connectivity index (χ0v) is 17.9. The molecule has 1 aliphatic heterocycles. The maximum atomic E-state index is 13.1. The number of hydrogen-bond donors (Lipinski definition) is 3. The molecular formula is C25H20N2O6. The number of rotatable bonds is 5. The molecule has 0 atom stereocenters. The second-order valence-electron chi connectivity index (χ2n) is 7.87. The Morgan fingerprint density at radius 2 is 1.64 bits per heavy atom. The number of carbonyl (C=O) groups excluding carboxylic acids is 3. The van der Waals surface area contributed by atoms with E-state index < -0.39 is 23.7 Å². The summed E-state index contributed by atoms with van der Waals surface area (Å²) in [6, 6.07) is 13.7. The van der Waals surface area contributed by atoms with Gasteiger partial charge in [-0.2, -0.15) is 0 Å². The van der Waals surface area contributed by atoms with Gasteiger partial charge in [-0.3, -0.25) is 19.2 Å². The normalized spacial score (nSPS) is 12.6. The third-order valence-corrected chi connectivity index (χ3v) is 5.41. The van der Waals surface area contributed by atoms with Crippen LogP contribution in [-0.4, -0.2) is 33.9 Å². The van der Waals surface area contributed by atoms with Gasteiger partial charge in [0.25, 0.3) is 17.7 Å². The Kier molecular flexibility index (Phi) is 5.43. The van der Waals surface area contributed by atoms with Crippen LogP contribution in [-0.2, 0) is 11.2 Å². The number of carboxylic acid groups (broad SMARTS) is 1. The third-order valence-electron chi connectivity index (χ3n) is 5.41. The van der Waals surface area contributed by atoms with Crippen LogP contribution >= 0.6 is 0 Å². The van der Waals surface area contributed by atoms with Crippen molar-refractivity contribution in [1.29, 1.82) is 0 Å². The van der Waals surface area contributed by atoms with Crippen LogP contribution in [0.1, 0.15) is 47.8 Å². The van der Waals surface area contributed by atoms with E-state index in [2.05, 4.69) is 5.32 Å². The quantitative estimate of drug-likeness (QED) is 0.407. The van der Waals surface area contributed by atoms with Crippen molar-refractivity contribution in [3.8, 4) is 5.75 Å². The fourth-order valence-corrected chi connectivity index (χ4v) is 3.82. The average Bonchev–Trinajstić information content (AvgIpc) is 3.00. The molecule has 0 spiro atoms. The fourth-order valence-electron chi connectivity index (χ4n) is 3.82. The summed E-state index contributed by atoms with van der Waals surface area (Å²) in [5.41, 5.74) is 3.12. The molecule has 0 radical (unpaired) electrons. The molecule has 4 rings (SSSR count). The highest BCUT2D eigenvalue weighted by atomic mass is 16.4. The first kappa shape index (κ1) is 21.8. The molecule has 8 nitrogen and oxygen atoms in total. The summed E-state index contributed by atoms with van der Waals surface area (Å²) in [6.45, 7) is 3.73. The summed E-state index contributed by atoms with van der Waals surface area (Å²) >= 11 is 0. The second-order valence-corrected chi connectivity index (χ2v) is 7.87. The molecule has 0 bridgehead atoms. The predicted octanol–water partition coefficient (Wildman–Crippen LogP) is 3.69. The Morgan fingerprint density at radius 1 is 0.909 bits per heavy atom. The first-order valence-electron chi connectivity index (χ1n) is 10.1. The summed E-state index contributed by atoms with van der Waals surface area (Å²) < 4.78 is 0. The minimum atomic E-state index is -1.05. The van der Waals surface area contributed by atoms with E-state index in [1.54, 1.807) is 6.07 Å². The molecule has 0 aromatic heterocycles. The van der Waals surface area contributed by atoms with E-state index in [9.17, 15) is 24.3 Å². The molecule has 8 heteroatoms. The van der Waals surface area contributed by atoms with Crippen molar-refractivity contribution in [2.75, 3.05) is 10.2 Å². The highest BCUT2D eigenvalue weighted by Crippen LogP contribution is 2.32. The van der Waals surface area contributed by atoms with Crippen molar-refractivity contribution in [2.24, 2.45) is 0 Å². The Hall–Kier alpha value is -4.46. The topological polar surface area (TPSA) is 124 Å². The highest BCUT2D eigenvalue weighted by Gasteiger charge is 2.37. The minimum Gasteiger partial charge on any atom is -0.506 e. The number of aromatic hydroxyl groups is 1. The SMILES string of the molecule is Cc1ccc(N2C(=O)c3ccc(C(=O)Nc4cc(CC(=O)O)ccc4O)cc3C2=O)c(C)c1. The standard InChI is InChI=1S/C25H20N2O6/c1-13-3-7-20(14(2)9-13)27-24(32)17-6-5-16(12-18(17)25(27)33)23(31)26-19-10-15(11-22(29)30)4-8-21(19)28/h3-10,12,28H,11H2,1-2H3,(H,26,31)(H,29,30). The molecule has 1 aliphatic rings. The first-order chi connectivity index (χ1) is 15.7. The van der Waals surface area contributed by atoms with Crippen molar-refractivity contribution in [3.05, 3.63) is 88.0 Å². The molecule has 0 unspecified atom stereocenters. The van der Waals surface area contributed by atoms with E-state index in [1.165, 1.54) is 36.4 Å². The fraction of sp³-hybridized carbons (Fsp3) is 0.120. The Bertz CT molecular complexity index is 1340. The van der Waals surface area contributed by atoms with E-state index in [4.69, 9.17) is 5.11 Å². The summed E-state index contributed by atoms with van der Waals surface area (Å²) in [7, 11) is 0. The first-order valence-corrected chi connectivity index (χ1v) is 10.1. The number of nitrogens with one attached hydrogen (secondary N) is 1. The molecule has 3 N–H and O–H groups in total. The molecule has 0 fully saturated rings. The molecule has 0 saturated heterocycles. The van der Waals surface area contributed by atoms with Crippen LogP contribution in [0.4, 0.5) is 11.4 Å². The Balaban J connectivity index is 1.62. The lowest BCUT2D eigenvalue weighted by molar-refractivity contribution is -0.136. The number of hydrogen-bond acceptors (Lipinski definition) is 5. The van der Waals surface area contributed by atoms with Crippen molar-refractivity contribution in [1.82, 2.24) is 0 Å². The molecule has 0 aliphatic carbocycles. The van der Waals surface area contributed by atoms with Gasteiger partial charge in [0.1, 0.15) is 5.75 Å². The van der Waals surface area contributed by atoms with Crippen molar-refractivity contribution < 1.29 is 29.4 Å². The lowest BCUT2D eigenvalue weighted by Crippen LogP contribution is -2.30. The highest BCUT2D eigenvalue weighted by molar-refractivity contribution is 6.35. The number of aryl methyl sites for hydroxylation is 2. The zero-order chi connectivity index (χ0) is 23.9. The number of fused-ring (bicyclic) bond motifs is 1. The van der Waals surface area contributed by atoms with Crippen LogP contribution in [0.2, 0.25) is 0 Å². The van der Waals surface area contributed by atoms with Gasteiger partial charge >= 0.3 is 5.97 Å². The van der Waals surface area contributed by atoms with Crippen LogP contribution in [0.3, 0.4) is 0 Å². The maximum Gasteiger partial charge on any atom is 0.307 e. The monoisotopic (exact) mass is 444 g/mol. The number of benzene rings is 3. The van der Waals surface area contributed by atoms with Gasteiger partial charge < -0.3 is 15.5 Å². The molecule has 1 heterocycles. The van der Waals surface area contributed by atoms with Crippen LogP contribution < -0.4 is 10.2 Å². The van der Waals surface area contributed by atoms with Gasteiger partial charge in [-0.05, 0) is 61.4 Å². The lowest BCUT2D eigenvalue weighted by Gasteiger charge is -2.16. The number of carbonyl (C=O) groups is 4. The van der Waals surface area contributed by atoms with Gasteiger partial charge in [0.05, 0.1) is 28.9 Å². The van der Waals surface area contributed by atoms with Gasteiger partial charge in [-0.25, -0.2) is 4.90 Å². The molecule has 3 aromatic carbocycles. The number of carboxylic acids is 1. The lowest BCUT2D eigenvalue weighted by atomic mass is 10.0. The summed E-state index contributed by atoms with van der Waals surface area (Å²) in [5.74, 6) is -2.89. The van der Waals surface area contributed by atoms with Gasteiger partial charge in [0.2, 0.25) is 0 Å². The molecule has 0 saturated carbocycles. The van der Waals surface area contributed by atoms with E-state index in [0.29, 0.717) is 11.3 Å². The maximum absolute atomic E-state index is 13.1. The van der Waals surface area contributed by atoms with Crippen LogP contribution in [0, 0.1) is 13.8 Å². The van der Waals surface area contributed by atoms with E-state index in [-0.39, 0.29) is 34.5 Å². The molecule has 166 valence electrons. The van der Waals surface area contributed by atoms with Crippen LogP contribution in [0.25, 0.3) is 0 Å². The van der Waals surface area contributed by atoms with Gasteiger partial charge in [0, 0.05) is 5.56 Å². The number of amides is 3. The number of imide groups is 1. The summed E-state index contributed by atoms with van der Waals surface area (Å²) in [6.07, 6.45) is -0.271. The van der Waals surface area contributed by atoms with Crippen LogP contribution in [0.5, 0.6) is 5.75 Å². The van der Waals surface area contributed by atoms with Gasteiger partial charge in [0.15, 0.2) is 0 Å². The van der Waals surface area contributed by atoms with Crippen molar-refractivity contribution in [2.45, 2.75) is 20.3 Å². The summed E-state index contributed by atoms with van der Waals surface area (Å²) in [5, 5.41) is 21.5. The van der Waals surface area contributed by atoms with Crippen molar-refractivity contribution in [3.63, 3.8) is 0 Å². The van der Waals surface area contributed by atoms with Gasteiger partial charge in [-0.15, -0.1) is 0 Å². The predicted molar refractivity (Wildman–Crippen MR) is 121 cm³/mol. The summed E-state index contributed by atoms with van der Waals surface area (Å²) in [4.78, 5) is 50.8. The average molecular weight is 444 g/mol. The number of phenols is 1. The number of nitrogens with zero attached hydrogens (tertiary/aromatic N) is 1. The molecule has 33 heavy (non-hydrogen) atoms. The van der Waals surface area contributed by atoms with E-state index >= 15 is 0 Å². The molecule has 3 amide bonds. The third kappa shape index (κ3) is 4.06. The van der Waals surface area contributed by atoms with Gasteiger partial charge in [-0.1, -0.05) is 23.8 Å². The molecule has 3 aromatic rings. The smallest absolute Gasteiger partial charge is 0.307 e. The minimum absolute atomic E-state index is 0.0403. The molecular weight excluding hydrogens is 424 g/mol. The Morgan fingerprint density at radius 3 is 2.33 bits per heavy atom.